The molecule has 0 spiro atoms. The normalized spacial score (nSPS) is 10.5. The minimum absolute atomic E-state index is 0.0580. The first kappa shape index (κ1) is 13.1. The molecule has 1 N–H and O–H groups in total. The first-order valence-corrected chi connectivity index (χ1v) is 7.42. The van der Waals surface area contributed by atoms with Gasteiger partial charge in [0.15, 0.2) is 0 Å². The highest BCUT2D eigenvalue weighted by molar-refractivity contribution is 9.10. The molecule has 0 fully saturated rings. The van der Waals surface area contributed by atoms with E-state index in [9.17, 15) is 0 Å². The minimum Gasteiger partial charge on any atom is -0.392 e. The molecule has 0 heterocycles. The fraction of sp³-hybridized carbons (Fsp3) is 0.0769. The maximum Gasteiger partial charge on any atom is 0.0692 e. The maximum atomic E-state index is 9.09. The molecule has 2 aromatic rings. The molecular weight excluding hydrogens is 364 g/mol. The van der Waals surface area contributed by atoms with Crippen LogP contribution in [-0.4, -0.2) is 5.11 Å². The Morgan fingerprint density at radius 1 is 1.00 bits per heavy atom. The van der Waals surface area contributed by atoms with Gasteiger partial charge >= 0.3 is 0 Å². The molecule has 4 heteroatoms. The van der Waals surface area contributed by atoms with Gasteiger partial charge in [0.25, 0.3) is 0 Å². The summed E-state index contributed by atoms with van der Waals surface area (Å²) in [5.41, 5.74) is 0.906. The van der Waals surface area contributed by atoms with E-state index in [1.165, 1.54) is 4.90 Å². The van der Waals surface area contributed by atoms with Gasteiger partial charge in [-0.15, -0.1) is 0 Å². The Bertz CT molecular complexity index is 529. The van der Waals surface area contributed by atoms with Crippen molar-refractivity contribution in [1.82, 2.24) is 0 Å². The van der Waals surface area contributed by atoms with E-state index in [1.807, 2.05) is 30.3 Å². The first-order chi connectivity index (χ1) is 8.19. The molecule has 1 nitrogen and oxygen atoms in total. The molecule has 17 heavy (non-hydrogen) atoms. The van der Waals surface area contributed by atoms with Gasteiger partial charge in [0.2, 0.25) is 0 Å². The van der Waals surface area contributed by atoms with E-state index in [-0.39, 0.29) is 6.61 Å². The van der Waals surface area contributed by atoms with E-state index in [4.69, 9.17) is 5.11 Å². The summed E-state index contributed by atoms with van der Waals surface area (Å²) in [5.74, 6) is 0. The number of aliphatic hydroxyl groups excluding tert-OH is 1. The maximum absolute atomic E-state index is 9.09. The summed E-state index contributed by atoms with van der Waals surface area (Å²) in [6.07, 6.45) is 0. The minimum atomic E-state index is 0.0580. The predicted octanol–water partition coefficient (Wildman–Crippen LogP) is 4.86. The van der Waals surface area contributed by atoms with Crippen LogP contribution in [0.5, 0.6) is 0 Å². The van der Waals surface area contributed by atoms with Gasteiger partial charge in [0.05, 0.1) is 6.61 Å². The van der Waals surface area contributed by atoms with Gasteiger partial charge in [-0.1, -0.05) is 55.8 Å². The van der Waals surface area contributed by atoms with Gasteiger partial charge in [-0.3, -0.25) is 0 Å². The smallest absolute Gasteiger partial charge is 0.0692 e. The second-order valence-corrected chi connectivity index (χ2v) is 6.39. The summed E-state index contributed by atoms with van der Waals surface area (Å²) in [6, 6.07) is 14.2. The molecule has 0 aliphatic rings. The van der Waals surface area contributed by atoms with Crippen molar-refractivity contribution in [2.24, 2.45) is 0 Å². The molecule has 0 unspecified atom stereocenters. The SMILES string of the molecule is OCc1ccc(Sc2cccc(Br)c2)cc1Br. The van der Waals surface area contributed by atoms with Crippen molar-refractivity contribution in [3.05, 3.63) is 57.0 Å². The zero-order valence-corrected chi connectivity index (χ0v) is 12.8. The molecule has 2 aromatic carbocycles. The monoisotopic (exact) mass is 372 g/mol. The predicted molar refractivity (Wildman–Crippen MR) is 78.3 cm³/mol. The summed E-state index contributed by atoms with van der Waals surface area (Å²) in [7, 11) is 0. The average molecular weight is 374 g/mol. The second-order valence-electron chi connectivity index (χ2n) is 3.47. The second kappa shape index (κ2) is 6.05. The topological polar surface area (TPSA) is 20.2 Å². The Labute approximate surface area is 122 Å². The zero-order valence-electron chi connectivity index (χ0n) is 8.86. The Kier molecular flexibility index (Phi) is 4.68. The molecule has 0 aromatic heterocycles. The lowest BCUT2D eigenvalue weighted by Crippen LogP contribution is -1.85. The van der Waals surface area contributed by atoms with Crippen LogP contribution >= 0.6 is 43.6 Å². The van der Waals surface area contributed by atoms with Gasteiger partial charge in [-0.2, -0.15) is 0 Å². The van der Waals surface area contributed by atoms with Crippen LogP contribution in [0.4, 0.5) is 0 Å². The molecular formula is C13H10Br2OS. The van der Waals surface area contributed by atoms with Crippen LogP contribution in [0.15, 0.2) is 61.2 Å². The van der Waals surface area contributed by atoms with E-state index in [0.717, 1.165) is 19.4 Å². The molecule has 0 aliphatic heterocycles. The fourth-order valence-corrected chi connectivity index (χ4v) is 3.51. The summed E-state index contributed by atoms with van der Waals surface area (Å²) in [5, 5.41) is 9.09. The Morgan fingerprint density at radius 3 is 2.41 bits per heavy atom. The lowest BCUT2D eigenvalue weighted by Gasteiger charge is -2.05. The first-order valence-electron chi connectivity index (χ1n) is 5.02. The molecule has 88 valence electrons. The van der Waals surface area contributed by atoms with Crippen molar-refractivity contribution >= 4 is 43.6 Å². The van der Waals surface area contributed by atoms with E-state index in [0.29, 0.717) is 0 Å². The summed E-state index contributed by atoms with van der Waals surface area (Å²) in [4.78, 5) is 2.33. The van der Waals surface area contributed by atoms with Crippen molar-refractivity contribution in [2.75, 3.05) is 0 Å². The lowest BCUT2D eigenvalue weighted by atomic mass is 10.2. The molecule has 0 radical (unpaired) electrons. The number of hydrogen-bond donors (Lipinski definition) is 1. The number of halogens is 2. The van der Waals surface area contributed by atoms with Crippen LogP contribution in [-0.2, 0) is 6.61 Å². The number of benzene rings is 2. The molecule has 0 saturated carbocycles. The zero-order chi connectivity index (χ0) is 12.3. The van der Waals surface area contributed by atoms with E-state index in [2.05, 4.69) is 44.0 Å². The third kappa shape index (κ3) is 3.58. The highest BCUT2D eigenvalue weighted by atomic mass is 79.9. The number of hydrogen-bond acceptors (Lipinski definition) is 2. The highest BCUT2D eigenvalue weighted by Gasteiger charge is 2.02. The molecule has 2 rings (SSSR count). The van der Waals surface area contributed by atoms with E-state index < -0.39 is 0 Å². The van der Waals surface area contributed by atoms with E-state index in [1.54, 1.807) is 11.8 Å². The van der Waals surface area contributed by atoms with Crippen LogP contribution in [0.25, 0.3) is 0 Å². The summed E-state index contributed by atoms with van der Waals surface area (Å²) < 4.78 is 2.02. The molecule has 0 aliphatic carbocycles. The molecule has 0 saturated heterocycles. The van der Waals surface area contributed by atoms with Crippen molar-refractivity contribution in [3.8, 4) is 0 Å². The van der Waals surface area contributed by atoms with E-state index >= 15 is 0 Å². The molecule has 0 atom stereocenters. The Morgan fingerprint density at radius 2 is 1.76 bits per heavy atom. The third-order valence-corrected chi connectivity index (χ3v) is 4.44. The van der Waals surface area contributed by atoms with Crippen LogP contribution < -0.4 is 0 Å². The average Bonchev–Trinajstić information content (AvgIpc) is 2.29. The van der Waals surface area contributed by atoms with Gasteiger partial charge in [0.1, 0.15) is 0 Å². The van der Waals surface area contributed by atoms with Gasteiger partial charge in [0, 0.05) is 18.7 Å². The van der Waals surface area contributed by atoms with Crippen LogP contribution in [0.1, 0.15) is 5.56 Å². The van der Waals surface area contributed by atoms with Gasteiger partial charge < -0.3 is 5.11 Å². The van der Waals surface area contributed by atoms with Gasteiger partial charge in [-0.05, 0) is 35.9 Å². The molecule has 0 bridgehead atoms. The van der Waals surface area contributed by atoms with Crippen molar-refractivity contribution in [3.63, 3.8) is 0 Å². The lowest BCUT2D eigenvalue weighted by molar-refractivity contribution is 0.281. The number of rotatable bonds is 3. The Hall–Kier alpha value is -0.290. The largest absolute Gasteiger partial charge is 0.392 e. The van der Waals surface area contributed by atoms with Crippen molar-refractivity contribution in [2.45, 2.75) is 16.4 Å². The number of aliphatic hydroxyl groups is 1. The summed E-state index contributed by atoms with van der Waals surface area (Å²) >= 11 is 8.60. The quantitative estimate of drug-likeness (QED) is 0.829. The summed E-state index contributed by atoms with van der Waals surface area (Å²) in [6.45, 7) is 0.0580. The van der Waals surface area contributed by atoms with Crippen LogP contribution in [0.2, 0.25) is 0 Å². The Balaban J connectivity index is 2.22. The highest BCUT2D eigenvalue weighted by Crippen LogP contribution is 2.32. The van der Waals surface area contributed by atoms with Gasteiger partial charge in [-0.25, -0.2) is 0 Å². The van der Waals surface area contributed by atoms with Crippen molar-refractivity contribution in [1.29, 1.82) is 0 Å². The van der Waals surface area contributed by atoms with Crippen LogP contribution in [0, 0.1) is 0 Å². The fourth-order valence-electron chi connectivity index (χ4n) is 1.39. The standard InChI is InChI=1S/C13H10Br2OS/c14-10-2-1-3-11(6-10)17-12-5-4-9(8-16)13(15)7-12/h1-7,16H,8H2. The van der Waals surface area contributed by atoms with Crippen molar-refractivity contribution < 1.29 is 5.11 Å². The molecule has 0 amide bonds. The third-order valence-electron chi connectivity index (χ3n) is 2.23. The van der Waals surface area contributed by atoms with Crippen LogP contribution in [0.3, 0.4) is 0 Å².